The largest absolute Gasteiger partial charge is 0.443 e. The third kappa shape index (κ3) is 4.33. The minimum Gasteiger partial charge on any atom is -0.443 e. The fourth-order valence-corrected chi connectivity index (χ4v) is 2.28. The van der Waals surface area contributed by atoms with Crippen LogP contribution in [0, 0.1) is 0 Å². The van der Waals surface area contributed by atoms with Crippen molar-refractivity contribution in [1.82, 2.24) is 10.4 Å². The summed E-state index contributed by atoms with van der Waals surface area (Å²) < 4.78 is 31.2. The van der Waals surface area contributed by atoms with E-state index in [4.69, 9.17) is 4.74 Å². The number of halogens is 2. The zero-order valence-corrected chi connectivity index (χ0v) is 14.1. The van der Waals surface area contributed by atoms with Crippen LogP contribution in [0.3, 0.4) is 0 Å². The van der Waals surface area contributed by atoms with Gasteiger partial charge in [0.1, 0.15) is 5.60 Å². The molecule has 1 aromatic rings. The van der Waals surface area contributed by atoms with Crippen molar-refractivity contribution in [2.24, 2.45) is 0 Å². The molecular weight excluding hydrogens is 320 g/mol. The van der Waals surface area contributed by atoms with Gasteiger partial charge < -0.3 is 9.64 Å². The molecule has 8 heteroatoms. The quantitative estimate of drug-likeness (QED) is 0.840. The maximum Gasteiger partial charge on any atom is 0.426 e. The molecule has 1 fully saturated rings. The first-order valence-electron chi connectivity index (χ1n) is 7.48. The Morgan fingerprint density at radius 3 is 2.38 bits per heavy atom. The Kier molecular flexibility index (Phi) is 4.68. The van der Waals surface area contributed by atoms with Crippen LogP contribution in [0.1, 0.15) is 31.1 Å². The number of alkyl halides is 2. The van der Waals surface area contributed by atoms with Crippen LogP contribution in [0.2, 0.25) is 0 Å². The number of nitrogens with zero attached hydrogens (tertiary/aromatic N) is 2. The summed E-state index contributed by atoms with van der Waals surface area (Å²) in [4.78, 5) is 25.7. The lowest BCUT2D eigenvalue weighted by molar-refractivity contribution is -0.0263. The van der Waals surface area contributed by atoms with Crippen LogP contribution in [0.25, 0.3) is 0 Å². The van der Waals surface area contributed by atoms with Gasteiger partial charge in [-0.1, -0.05) is 12.1 Å². The molecule has 1 heterocycles. The van der Waals surface area contributed by atoms with Crippen LogP contribution in [0.15, 0.2) is 24.3 Å². The molecule has 0 aliphatic carbocycles. The highest BCUT2D eigenvalue weighted by Gasteiger charge is 2.44. The smallest absolute Gasteiger partial charge is 0.426 e. The second-order valence-electron chi connectivity index (χ2n) is 6.71. The van der Waals surface area contributed by atoms with Gasteiger partial charge in [0, 0.05) is 12.7 Å². The van der Waals surface area contributed by atoms with E-state index in [0.717, 1.165) is 5.01 Å². The van der Waals surface area contributed by atoms with Crippen LogP contribution in [-0.4, -0.2) is 48.7 Å². The van der Waals surface area contributed by atoms with Crippen molar-refractivity contribution in [2.75, 3.05) is 25.0 Å². The van der Waals surface area contributed by atoms with Gasteiger partial charge in [0.15, 0.2) is 0 Å². The first kappa shape index (κ1) is 18.0. The van der Waals surface area contributed by atoms with Gasteiger partial charge in [-0.15, -0.1) is 0 Å². The predicted molar refractivity (Wildman–Crippen MR) is 85.1 cm³/mol. The molecule has 0 unspecified atom stereocenters. The molecule has 2 amide bonds. The second-order valence-corrected chi connectivity index (χ2v) is 6.71. The number of ether oxygens (including phenoxy) is 1. The van der Waals surface area contributed by atoms with E-state index in [1.54, 1.807) is 39.0 Å². The third-order valence-electron chi connectivity index (χ3n) is 3.28. The average molecular weight is 341 g/mol. The number of carbonyl (C=O) groups excluding carboxylic acids is 2. The molecule has 0 atom stereocenters. The van der Waals surface area contributed by atoms with Crippen LogP contribution in [0.5, 0.6) is 0 Å². The Morgan fingerprint density at radius 2 is 1.83 bits per heavy atom. The fraction of sp³-hybridized carbons (Fsp3) is 0.500. The molecule has 0 radical (unpaired) electrons. The van der Waals surface area contributed by atoms with Crippen LogP contribution >= 0.6 is 0 Å². The van der Waals surface area contributed by atoms with Gasteiger partial charge in [-0.05, 0) is 32.9 Å². The second kappa shape index (κ2) is 6.26. The minimum atomic E-state index is -2.74. The fourth-order valence-electron chi connectivity index (χ4n) is 2.28. The van der Waals surface area contributed by atoms with Gasteiger partial charge in [-0.3, -0.25) is 9.80 Å². The number of hydrogen-bond donors (Lipinski definition) is 1. The topological polar surface area (TPSA) is 61.9 Å². The molecule has 1 aliphatic heterocycles. The number of anilines is 1. The normalized spacial score (nSPS) is 16.2. The van der Waals surface area contributed by atoms with Gasteiger partial charge in [-0.2, -0.15) is 0 Å². The van der Waals surface area contributed by atoms with Crippen molar-refractivity contribution in [3.63, 3.8) is 0 Å². The summed E-state index contributed by atoms with van der Waals surface area (Å²) in [6.45, 7) is 4.25. The van der Waals surface area contributed by atoms with E-state index in [1.165, 1.54) is 18.0 Å². The zero-order chi connectivity index (χ0) is 18.1. The van der Waals surface area contributed by atoms with Crippen molar-refractivity contribution in [2.45, 2.75) is 32.3 Å². The molecule has 132 valence electrons. The molecule has 0 aromatic heterocycles. The monoisotopic (exact) mass is 341 g/mol. The molecule has 0 spiro atoms. The number of benzene rings is 1. The van der Waals surface area contributed by atoms with E-state index in [-0.39, 0.29) is 5.56 Å². The van der Waals surface area contributed by atoms with Crippen LogP contribution in [0.4, 0.5) is 19.3 Å². The van der Waals surface area contributed by atoms with Gasteiger partial charge in [0.05, 0.1) is 18.7 Å². The number of hydrazine groups is 1. The molecule has 0 saturated carbocycles. The summed E-state index contributed by atoms with van der Waals surface area (Å²) in [7, 11) is 1.37. The predicted octanol–water partition coefficient (Wildman–Crippen LogP) is 2.65. The molecule has 1 aromatic carbocycles. The average Bonchev–Trinajstić information content (AvgIpc) is 2.41. The van der Waals surface area contributed by atoms with Crippen molar-refractivity contribution in [1.29, 1.82) is 0 Å². The molecule has 6 nitrogen and oxygen atoms in total. The Hall–Kier alpha value is -2.38. The highest BCUT2D eigenvalue weighted by atomic mass is 19.3. The Morgan fingerprint density at radius 1 is 1.25 bits per heavy atom. The van der Waals surface area contributed by atoms with E-state index in [1.807, 2.05) is 0 Å². The number of carbonyl (C=O) groups is 2. The van der Waals surface area contributed by atoms with Crippen molar-refractivity contribution in [3.05, 3.63) is 29.8 Å². The van der Waals surface area contributed by atoms with E-state index in [9.17, 15) is 18.4 Å². The third-order valence-corrected chi connectivity index (χ3v) is 3.28. The number of amides is 2. The molecule has 1 aliphatic rings. The maximum absolute atomic E-state index is 13.1. The summed E-state index contributed by atoms with van der Waals surface area (Å²) in [5.41, 5.74) is 2.25. The van der Waals surface area contributed by atoms with E-state index >= 15 is 0 Å². The Bertz CT molecular complexity index is 636. The van der Waals surface area contributed by atoms with Gasteiger partial charge in [0.25, 0.3) is 11.8 Å². The highest BCUT2D eigenvalue weighted by Crippen LogP contribution is 2.33. The van der Waals surface area contributed by atoms with Crippen LogP contribution in [-0.2, 0) is 4.74 Å². The van der Waals surface area contributed by atoms with Gasteiger partial charge in [-0.25, -0.2) is 19.0 Å². The van der Waals surface area contributed by atoms with Crippen molar-refractivity contribution >= 4 is 17.7 Å². The highest BCUT2D eigenvalue weighted by molar-refractivity contribution is 6.00. The van der Waals surface area contributed by atoms with Gasteiger partial charge in [0.2, 0.25) is 0 Å². The molecular formula is C16H21F2N3O3. The number of para-hydroxylation sites is 1. The molecule has 2 rings (SSSR count). The maximum atomic E-state index is 13.1. The van der Waals surface area contributed by atoms with E-state index < -0.39 is 36.6 Å². The standard InChI is InChI=1S/C16H21F2N3O3/c1-15(2,3)24-14(23)19-20(4)13(22)11-7-5-6-8-12(11)21-9-16(17,18)10-21/h5-8H,9-10H2,1-4H3,(H,19,23). The Balaban J connectivity index is 2.08. The lowest BCUT2D eigenvalue weighted by atomic mass is 10.1. The van der Waals surface area contributed by atoms with Crippen LogP contribution < -0.4 is 10.3 Å². The minimum absolute atomic E-state index is 0.228. The van der Waals surface area contributed by atoms with Crippen molar-refractivity contribution in [3.8, 4) is 0 Å². The molecule has 1 N–H and O–H groups in total. The van der Waals surface area contributed by atoms with Gasteiger partial charge >= 0.3 is 6.09 Å². The molecule has 1 saturated heterocycles. The van der Waals surface area contributed by atoms with E-state index in [0.29, 0.717) is 5.69 Å². The summed E-state index contributed by atoms with van der Waals surface area (Å²) in [6, 6.07) is 6.44. The summed E-state index contributed by atoms with van der Waals surface area (Å²) in [5.74, 6) is -3.26. The first-order chi connectivity index (χ1) is 11.0. The lowest BCUT2D eigenvalue weighted by Gasteiger charge is -2.41. The number of hydrogen-bond acceptors (Lipinski definition) is 4. The van der Waals surface area contributed by atoms with E-state index in [2.05, 4.69) is 5.43 Å². The van der Waals surface area contributed by atoms with Crippen molar-refractivity contribution < 1.29 is 23.1 Å². The summed E-state index contributed by atoms with van der Waals surface area (Å²) >= 11 is 0. The molecule has 24 heavy (non-hydrogen) atoms. The SMILES string of the molecule is CN(NC(=O)OC(C)(C)C)C(=O)c1ccccc1N1CC(F)(F)C1. The zero-order valence-electron chi connectivity index (χ0n) is 14.1. The lowest BCUT2D eigenvalue weighted by Crippen LogP contribution is -2.57. The first-order valence-corrected chi connectivity index (χ1v) is 7.48. The summed E-state index contributed by atoms with van der Waals surface area (Å²) in [6.07, 6.45) is -0.772. The summed E-state index contributed by atoms with van der Waals surface area (Å²) in [5, 5.41) is 0.977. The Labute approximate surface area is 139 Å². The molecule has 0 bridgehead atoms. The number of rotatable bonds is 2. The number of nitrogens with one attached hydrogen (secondary N) is 1.